The highest BCUT2D eigenvalue weighted by molar-refractivity contribution is 5.81. The second-order valence-electron chi connectivity index (χ2n) is 5.41. The van der Waals surface area contributed by atoms with Gasteiger partial charge in [-0.15, -0.1) is 0 Å². The lowest BCUT2D eigenvalue weighted by molar-refractivity contribution is -0.122. The number of carbonyl (C=O) groups is 1. The van der Waals surface area contributed by atoms with E-state index in [1.54, 1.807) is 23.0 Å². The number of nitrogens with zero attached hydrogens (tertiary/aromatic N) is 2. The molecule has 0 spiro atoms. The van der Waals surface area contributed by atoms with E-state index in [-0.39, 0.29) is 24.2 Å². The van der Waals surface area contributed by atoms with E-state index in [0.717, 1.165) is 11.0 Å². The Labute approximate surface area is 133 Å². The normalized spacial score (nSPS) is 12.4. The minimum Gasteiger partial charge on any atom is -0.467 e. The fourth-order valence-corrected chi connectivity index (χ4v) is 2.77. The van der Waals surface area contributed by atoms with E-state index in [4.69, 9.17) is 4.42 Å². The van der Waals surface area contributed by atoms with Crippen molar-refractivity contribution in [3.63, 3.8) is 0 Å². The summed E-state index contributed by atoms with van der Waals surface area (Å²) in [5.41, 5.74) is 1.43. The van der Waals surface area contributed by atoms with Crippen molar-refractivity contribution in [1.82, 2.24) is 14.5 Å². The lowest BCUT2D eigenvalue weighted by atomic mass is 10.2. The Morgan fingerprint density at radius 1 is 1.17 bits per heavy atom. The standard InChI is InChI=1S/C17H19N3O3/c1-3-19-13-7-4-5-8-14(13)20(17(19)22)11-16(21)18-12(2)15-9-6-10-23-15/h4-10,12H,3,11H2,1-2H3,(H,18,21). The molecule has 0 aliphatic carbocycles. The summed E-state index contributed by atoms with van der Waals surface area (Å²) < 4.78 is 8.44. The first kappa shape index (κ1) is 15.1. The summed E-state index contributed by atoms with van der Waals surface area (Å²) in [6.45, 7) is 4.31. The van der Waals surface area contributed by atoms with Crippen molar-refractivity contribution < 1.29 is 9.21 Å². The minimum atomic E-state index is -0.243. The highest BCUT2D eigenvalue weighted by atomic mass is 16.3. The number of benzene rings is 1. The smallest absolute Gasteiger partial charge is 0.329 e. The number of aromatic nitrogens is 2. The van der Waals surface area contributed by atoms with E-state index in [2.05, 4.69) is 5.32 Å². The molecule has 3 rings (SSSR count). The molecule has 23 heavy (non-hydrogen) atoms. The molecule has 0 aliphatic heterocycles. The van der Waals surface area contributed by atoms with Crippen LogP contribution in [-0.2, 0) is 17.9 Å². The molecule has 1 atom stereocenters. The molecule has 1 aromatic carbocycles. The number of rotatable bonds is 5. The quantitative estimate of drug-likeness (QED) is 0.786. The maximum Gasteiger partial charge on any atom is 0.329 e. The zero-order chi connectivity index (χ0) is 16.4. The van der Waals surface area contributed by atoms with Crippen LogP contribution in [0.15, 0.2) is 51.9 Å². The number of imidazole rings is 1. The number of nitrogens with one attached hydrogen (secondary N) is 1. The van der Waals surface area contributed by atoms with E-state index in [1.807, 2.05) is 38.1 Å². The maximum absolute atomic E-state index is 12.5. The van der Waals surface area contributed by atoms with Gasteiger partial charge in [0.1, 0.15) is 12.3 Å². The van der Waals surface area contributed by atoms with E-state index in [0.29, 0.717) is 12.3 Å². The zero-order valence-electron chi connectivity index (χ0n) is 13.2. The molecule has 0 bridgehead atoms. The number of amides is 1. The number of para-hydroxylation sites is 2. The van der Waals surface area contributed by atoms with Gasteiger partial charge in [-0.2, -0.15) is 0 Å². The van der Waals surface area contributed by atoms with Crippen LogP contribution in [0.2, 0.25) is 0 Å². The Balaban J connectivity index is 1.85. The average molecular weight is 313 g/mol. The van der Waals surface area contributed by atoms with Crippen LogP contribution in [0.3, 0.4) is 0 Å². The van der Waals surface area contributed by atoms with Crippen molar-refractivity contribution in [3.05, 3.63) is 58.9 Å². The summed E-state index contributed by atoms with van der Waals surface area (Å²) in [5.74, 6) is 0.455. The minimum absolute atomic E-state index is 0.0165. The van der Waals surface area contributed by atoms with Crippen LogP contribution in [-0.4, -0.2) is 15.0 Å². The second kappa shape index (κ2) is 6.16. The molecule has 1 amide bonds. The van der Waals surface area contributed by atoms with Gasteiger partial charge in [0.2, 0.25) is 5.91 Å². The topological polar surface area (TPSA) is 69.2 Å². The maximum atomic E-state index is 12.5. The number of carbonyl (C=O) groups excluding carboxylic acids is 1. The van der Waals surface area contributed by atoms with Crippen molar-refractivity contribution >= 4 is 16.9 Å². The molecule has 6 nitrogen and oxygen atoms in total. The summed E-state index contributed by atoms with van der Waals surface area (Å²) in [7, 11) is 0. The first-order valence-corrected chi connectivity index (χ1v) is 7.62. The van der Waals surface area contributed by atoms with E-state index in [1.165, 1.54) is 4.57 Å². The van der Waals surface area contributed by atoms with Crippen LogP contribution in [0.1, 0.15) is 25.6 Å². The molecule has 1 N–H and O–H groups in total. The number of fused-ring (bicyclic) bond motifs is 1. The van der Waals surface area contributed by atoms with Gasteiger partial charge in [0.15, 0.2) is 0 Å². The lowest BCUT2D eigenvalue weighted by Gasteiger charge is -2.11. The highest BCUT2D eigenvalue weighted by Crippen LogP contribution is 2.14. The molecule has 0 saturated heterocycles. The van der Waals surface area contributed by atoms with Crippen molar-refractivity contribution in [2.75, 3.05) is 0 Å². The molecular weight excluding hydrogens is 294 g/mol. The molecule has 1 unspecified atom stereocenters. The number of hydrogen-bond acceptors (Lipinski definition) is 3. The highest BCUT2D eigenvalue weighted by Gasteiger charge is 2.16. The van der Waals surface area contributed by atoms with E-state index < -0.39 is 0 Å². The SMILES string of the molecule is CCn1c(=O)n(CC(=O)NC(C)c2ccco2)c2ccccc21. The number of furan rings is 1. The van der Waals surface area contributed by atoms with Gasteiger partial charge in [-0.05, 0) is 38.1 Å². The van der Waals surface area contributed by atoms with Gasteiger partial charge in [0, 0.05) is 6.54 Å². The van der Waals surface area contributed by atoms with Gasteiger partial charge in [-0.3, -0.25) is 13.9 Å². The molecule has 0 fully saturated rings. The Kier molecular flexibility index (Phi) is 4.06. The zero-order valence-corrected chi connectivity index (χ0v) is 13.2. The largest absolute Gasteiger partial charge is 0.467 e. The van der Waals surface area contributed by atoms with Gasteiger partial charge in [-0.25, -0.2) is 4.79 Å². The third-order valence-electron chi connectivity index (χ3n) is 3.89. The molecule has 0 radical (unpaired) electrons. The third kappa shape index (κ3) is 2.79. The fourth-order valence-electron chi connectivity index (χ4n) is 2.77. The summed E-state index contributed by atoms with van der Waals surface area (Å²) in [5, 5.41) is 2.85. The van der Waals surface area contributed by atoms with E-state index >= 15 is 0 Å². The average Bonchev–Trinajstić information content (AvgIpc) is 3.15. The van der Waals surface area contributed by atoms with Crippen molar-refractivity contribution in [2.24, 2.45) is 0 Å². The predicted molar refractivity (Wildman–Crippen MR) is 87.1 cm³/mol. The molecule has 0 saturated carbocycles. The van der Waals surface area contributed by atoms with Crippen LogP contribution in [0, 0.1) is 0 Å². The lowest BCUT2D eigenvalue weighted by Crippen LogP contribution is -2.34. The summed E-state index contributed by atoms with van der Waals surface area (Å²) in [4.78, 5) is 24.8. The van der Waals surface area contributed by atoms with Crippen LogP contribution in [0.5, 0.6) is 0 Å². The monoisotopic (exact) mass is 313 g/mol. The Morgan fingerprint density at radius 3 is 2.48 bits per heavy atom. The van der Waals surface area contributed by atoms with Gasteiger partial charge >= 0.3 is 5.69 Å². The van der Waals surface area contributed by atoms with Crippen molar-refractivity contribution in [1.29, 1.82) is 0 Å². The molecule has 0 aliphatic rings. The van der Waals surface area contributed by atoms with Crippen LogP contribution >= 0.6 is 0 Å². The Hall–Kier alpha value is -2.76. The number of aryl methyl sites for hydroxylation is 1. The van der Waals surface area contributed by atoms with Gasteiger partial charge in [0.05, 0.1) is 23.3 Å². The van der Waals surface area contributed by atoms with Crippen molar-refractivity contribution in [3.8, 4) is 0 Å². The fraction of sp³-hybridized carbons (Fsp3) is 0.294. The van der Waals surface area contributed by atoms with Gasteiger partial charge < -0.3 is 9.73 Å². The molecule has 120 valence electrons. The molecule has 3 aromatic rings. The summed E-state index contributed by atoms with van der Waals surface area (Å²) >= 11 is 0. The van der Waals surface area contributed by atoms with Gasteiger partial charge in [0.25, 0.3) is 0 Å². The Bertz CT molecular complexity index is 874. The third-order valence-corrected chi connectivity index (χ3v) is 3.89. The summed E-state index contributed by atoms with van der Waals surface area (Å²) in [6.07, 6.45) is 1.57. The van der Waals surface area contributed by atoms with Gasteiger partial charge in [-0.1, -0.05) is 12.1 Å². The molecular formula is C17H19N3O3. The van der Waals surface area contributed by atoms with Crippen LogP contribution < -0.4 is 11.0 Å². The number of hydrogen-bond donors (Lipinski definition) is 1. The van der Waals surface area contributed by atoms with E-state index in [9.17, 15) is 9.59 Å². The van der Waals surface area contributed by atoms with Crippen LogP contribution in [0.25, 0.3) is 11.0 Å². The van der Waals surface area contributed by atoms with Crippen molar-refractivity contribution in [2.45, 2.75) is 33.0 Å². The second-order valence-corrected chi connectivity index (χ2v) is 5.41. The Morgan fingerprint density at radius 2 is 1.87 bits per heavy atom. The predicted octanol–water partition coefficient (Wildman–Crippen LogP) is 2.29. The first-order valence-electron chi connectivity index (χ1n) is 7.62. The first-order chi connectivity index (χ1) is 11.1. The summed E-state index contributed by atoms with van der Waals surface area (Å²) in [6, 6.07) is 10.8. The molecule has 2 heterocycles. The molecule has 6 heteroatoms. The van der Waals surface area contributed by atoms with Crippen LogP contribution in [0.4, 0.5) is 0 Å². The molecule has 2 aromatic heterocycles.